The SMILES string of the molecule is Cc1cnc2[nH]cc(CCN(C)C)c2c1. The topological polar surface area (TPSA) is 31.9 Å². The van der Waals surface area contributed by atoms with Crippen LogP contribution in [0.5, 0.6) is 0 Å². The first kappa shape index (κ1) is 10.2. The summed E-state index contributed by atoms with van der Waals surface area (Å²) in [6.07, 6.45) is 5.04. The van der Waals surface area contributed by atoms with E-state index in [0.717, 1.165) is 18.6 Å². The highest BCUT2D eigenvalue weighted by Crippen LogP contribution is 2.17. The molecule has 3 heteroatoms. The molecule has 0 aliphatic heterocycles. The Labute approximate surface area is 90.1 Å². The molecular formula is C12H17N3. The van der Waals surface area contributed by atoms with Crippen molar-refractivity contribution >= 4 is 11.0 Å². The van der Waals surface area contributed by atoms with Gasteiger partial charge in [0.15, 0.2) is 0 Å². The van der Waals surface area contributed by atoms with E-state index >= 15 is 0 Å². The van der Waals surface area contributed by atoms with E-state index in [1.807, 2.05) is 6.20 Å². The van der Waals surface area contributed by atoms with Crippen molar-refractivity contribution in [1.29, 1.82) is 0 Å². The van der Waals surface area contributed by atoms with Crippen LogP contribution < -0.4 is 0 Å². The van der Waals surface area contributed by atoms with Gasteiger partial charge in [0.05, 0.1) is 0 Å². The summed E-state index contributed by atoms with van der Waals surface area (Å²) in [5, 5.41) is 1.26. The fourth-order valence-electron chi connectivity index (χ4n) is 1.71. The molecule has 2 aromatic rings. The maximum atomic E-state index is 4.36. The molecule has 3 nitrogen and oxygen atoms in total. The van der Waals surface area contributed by atoms with Crippen LogP contribution in [0.4, 0.5) is 0 Å². The van der Waals surface area contributed by atoms with Crippen molar-refractivity contribution in [2.45, 2.75) is 13.3 Å². The summed E-state index contributed by atoms with van der Waals surface area (Å²) in [5.74, 6) is 0. The summed E-state index contributed by atoms with van der Waals surface area (Å²) in [7, 11) is 4.19. The zero-order valence-corrected chi connectivity index (χ0v) is 9.54. The molecule has 80 valence electrons. The van der Waals surface area contributed by atoms with Gasteiger partial charge in [0.25, 0.3) is 0 Å². The number of hydrogen-bond acceptors (Lipinski definition) is 2. The molecule has 2 aromatic heterocycles. The van der Waals surface area contributed by atoms with Gasteiger partial charge in [0.1, 0.15) is 5.65 Å². The molecule has 0 bridgehead atoms. The Balaban J connectivity index is 2.31. The number of likely N-dealkylation sites (N-methyl/N-ethyl adjacent to an activating group) is 1. The number of aromatic amines is 1. The number of nitrogens with one attached hydrogen (secondary N) is 1. The predicted molar refractivity (Wildman–Crippen MR) is 63.1 cm³/mol. The highest BCUT2D eigenvalue weighted by Gasteiger charge is 2.04. The lowest BCUT2D eigenvalue weighted by Gasteiger charge is -2.08. The largest absolute Gasteiger partial charge is 0.346 e. The summed E-state index contributed by atoms with van der Waals surface area (Å²) in [6.45, 7) is 3.15. The molecule has 0 radical (unpaired) electrons. The Morgan fingerprint density at radius 3 is 2.93 bits per heavy atom. The molecule has 0 aliphatic rings. The van der Waals surface area contributed by atoms with Crippen molar-refractivity contribution in [3.8, 4) is 0 Å². The first-order chi connectivity index (χ1) is 7.16. The molecule has 2 rings (SSSR count). The van der Waals surface area contributed by atoms with Crippen LogP contribution in [0.1, 0.15) is 11.1 Å². The third-order valence-electron chi connectivity index (χ3n) is 2.58. The smallest absolute Gasteiger partial charge is 0.137 e. The highest BCUT2D eigenvalue weighted by molar-refractivity contribution is 5.80. The first-order valence-electron chi connectivity index (χ1n) is 5.24. The fourth-order valence-corrected chi connectivity index (χ4v) is 1.71. The summed E-state index contributed by atoms with van der Waals surface area (Å²) >= 11 is 0. The normalized spacial score (nSPS) is 11.5. The number of pyridine rings is 1. The van der Waals surface area contributed by atoms with Crippen molar-refractivity contribution in [2.24, 2.45) is 0 Å². The molecule has 0 unspecified atom stereocenters. The number of aromatic nitrogens is 2. The van der Waals surface area contributed by atoms with E-state index in [0.29, 0.717) is 0 Å². The molecule has 0 aromatic carbocycles. The molecular weight excluding hydrogens is 186 g/mol. The van der Waals surface area contributed by atoms with Crippen LogP contribution >= 0.6 is 0 Å². The second kappa shape index (κ2) is 4.03. The molecule has 0 spiro atoms. The molecule has 0 saturated carbocycles. The van der Waals surface area contributed by atoms with Gasteiger partial charge in [-0.2, -0.15) is 0 Å². The summed E-state index contributed by atoms with van der Waals surface area (Å²) < 4.78 is 0. The van der Waals surface area contributed by atoms with Gasteiger partial charge in [-0.1, -0.05) is 0 Å². The van der Waals surface area contributed by atoms with Crippen LogP contribution in [0.3, 0.4) is 0 Å². The minimum atomic E-state index is 0.995. The van der Waals surface area contributed by atoms with Crippen molar-refractivity contribution in [3.63, 3.8) is 0 Å². The third-order valence-corrected chi connectivity index (χ3v) is 2.58. The molecule has 0 fully saturated rings. The Bertz CT molecular complexity index is 457. The van der Waals surface area contributed by atoms with Gasteiger partial charge in [-0.3, -0.25) is 0 Å². The summed E-state index contributed by atoms with van der Waals surface area (Å²) in [4.78, 5) is 9.77. The van der Waals surface area contributed by atoms with E-state index in [1.54, 1.807) is 0 Å². The van der Waals surface area contributed by atoms with Crippen LogP contribution in [-0.2, 0) is 6.42 Å². The number of aryl methyl sites for hydroxylation is 1. The molecule has 0 atom stereocenters. The first-order valence-corrected chi connectivity index (χ1v) is 5.24. The van der Waals surface area contributed by atoms with Gasteiger partial charge < -0.3 is 9.88 Å². The Kier molecular flexibility index (Phi) is 2.73. The average molecular weight is 203 g/mol. The van der Waals surface area contributed by atoms with E-state index in [-0.39, 0.29) is 0 Å². The van der Waals surface area contributed by atoms with Crippen molar-refractivity contribution < 1.29 is 0 Å². The fraction of sp³-hybridized carbons (Fsp3) is 0.417. The maximum absolute atomic E-state index is 4.36. The van der Waals surface area contributed by atoms with Gasteiger partial charge >= 0.3 is 0 Å². The van der Waals surface area contributed by atoms with E-state index in [9.17, 15) is 0 Å². The van der Waals surface area contributed by atoms with Gasteiger partial charge in [-0.15, -0.1) is 0 Å². The number of fused-ring (bicyclic) bond motifs is 1. The number of H-pyrrole nitrogens is 1. The second-order valence-electron chi connectivity index (χ2n) is 4.28. The third kappa shape index (κ3) is 2.18. The summed E-state index contributed by atoms with van der Waals surface area (Å²) in [6, 6.07) is 2.20. The molecule has 15 heavy (non-hydrogen) atoms. The Hall–Kier alpha value is -1.35. The standard InChI is InChI=1S/C12H17N3/c1-9-6-11-10(4-5-15(2)3)8-14-12(11)13-7-9/h6-8H,4-5H2,1-3H3,(H,13,14). The maximum Gasteiger partial charge on any atom is 0.137 e. The molecule has 0 amide bonds. The van der Waals surface area contributed by atoms with Gasteiger partial charge in [0, 0.05) is 24.3 Å². The van der Waals surface area contributed by atoms with Crippen molar-refractivity contribution in [1.82, 2.24) is 14.9 Å². The van der Waals surface area contributed by atoms with Crippen LogP contribution in [0.2, 0.25) is 0 Å². The quantitative estimate of drug-likeness (QED) is 0.827. The lowest BCUT2D eigenvalue weighted by atomic mass is 10.1. The van der Waals surface area contributed by atoms with Gasteiger partial charge in [-0.05, 0) is 44.6 Å². The lowest BCUT2D eigenvalue weighted by molar-refractivity contribution is 0.414. The molecule has 1 N–H and O–H groups in total. The zero-order valence-electron chi connectivity index (χ0n) is 9.54. The van der Waals surface area contributed by atoms with Crippen LogP contribution in [0.15, 0.2) is 18.5 Å². The minimum Gasteiger partial charge on any atom is -0.346 e. The average Bonchev–Trinajstić information content (AvgIpc) is 2.57. The zero-order chi connectivity index (χ0) is 10.8. The second-order valence-corrected chi connectivity index (χ2v) is 4.28. The molecule has 2 heterocycles. The summed E-state index contributed by atoms with van der Waals surface area (Å²) in [5.41, 5.74) is 3.57. The lowest BCUT2D eigenvalue weighted by Crippen LogP contribution is -2.14. The number of rotatable bonds is 3. The van der Waals surface area contributed by atoms with Crippen LogP contribution in [0.25, 0.3) is 11.0 Å². The number of hydrogen-bond donors (Lipinski definition) is 1. The Morgan fingerprint density at radius 1 is 1.40 bits per heavy atom. The van der Waals surface area contributed by atoms with E-state index in [1.165, 1.54) is 16.5 Å². The van der Waals surface area contributed by atoms with E-state index < -0.39 is 0 Å². The predicted octanol–water partition coefficient (Wildman–Crippen LogP) is 1.98. The molecule has 0 saturated heterocycles. The van der Waals surface area contributed by atoms with E-state index in [2.05, 4.69) is 48.2 Å². The highest BCUT2D eigenvalue weighted by atomic mass is 15.0. The number of nitrogens with zero attached hydrogens (tertiary/aromatic N) is 2. The minimum absolute atomic E-state index is 0.995. The van der Waals surface area contributed by atoms with Crippen LogP contribution in [-0.4, -0.2) is 35.5 Å². The van der Waals surface area contributed by atoms with Gasteiger partial charge in [0.2, 0.25) is 0 Å². The van der Waals surface area contributed by atoms with Gasteiger partial charge in [-0.25, -0.2) is 4.98 Å². The van der Waals surface area contributed by atoms with E-state index in [4.69, 9.17) is 0 Å². The Morgan fingerprint density at radius 2 is 2.20 bits per heavy atom. The monoisotopic (exact) mass is 203 g/mol. The van der Waals surface area contributed by atoms with Crippen LogP contribution in [0, 0.1) is 6.92 Å². The molecule has 0 aliphatic carbocycles. The van der Waals surface area contributed by atoms with Crippen molar-refractivity contribution in [3.05, 3.63) is 29.6 Å². The van der Waals surface area contributed by atoms with Crippen molar-refractivity contribution in [2.75, 3.05) is 20.6 Å².